The third kappa shape index (κ3) is 5.00. The summed E-state index contributed by atoms with van der Waals surface area (Å²) in [5.74, 6) is 0.832. The maximum atomic E-state index is 12.1. The van der Waals surface area contributed by atoms with E-state index in [9.17, 15) is 9.00 Å². The molecule has 1 aromatic carbocycles. The molecular weight excluding hydrogens is 310 g/mol. The van der Waals surface area contributed by atoms with Gasteiger partial charge in [-0.3, -0.25) is 9.00 Å². The molecule has 1 aliphatic carbocycles. The van der Waals surface area contributed by atoms with Gasteiger partial charge in [-0.25, -0.2) is 0 Å². The van der Waals surface area contributed by atoms with Gasteiger partial charge in [-0.15, -0.1) is 0 Å². The summed E-state index contributed by atoms with van der Waals surface area (Å²) in [6.07, 6.45) is 4.39. The van der Waals surface area contributed by atoms with Gasteiger partial charge in [0.2, 0.25) is 5.91 Å². The quantitative estimate of drug-likeness (QED) is 0.873. The van der Waals surface area contributed by atoms with Crippen molar-refractivity contribution in [1.29, 1.82) is 0 Å². The summed E-state index contributed by atoms with van der Waals surface area (Å²) >= 11 is 6.11. The van der Waals surface area contributed by atoms with Crippen molar-refractivity contribution in [2.75, 3.05) is 12.9 Å². The maximum Gasteiger partial charge on any atom is 0.232 e. The highest BCUT2D eigenvalue weighted by atomic mass is 35.5. The number of benzene rings is 1. The maximum absolute atomic E-state index is 12.1. The minimum absolute atomic E-state index is 0.0266. The molecule has 0 spiro atoms. The summed E-state index contributed by atoms with van der Waals surface area (Å²) in [4.78, 5) is 11.8. The molecule has 6 heteroatoms. The topological polar surface area (TPSA) is 55.4 Å². The van der Waals surface area contributed by atoms with Crippen molar-refractivity contribution < 1.29 is 13.7 Å². The smallest absolute Gasteiger partial charge is 0.232 e. The van der Waals surface area contributed by atoms with Crippen LogP contribution in [0, 0.1) is 0 Å². The third-order valence-corrected chi connectivity index (χ3v) is 5.16. The Hall–Kier alpha value is -1.07. The van der Waals surface area contributed by atoms with Gasteiger partial charge in [-0.05, 0) is 30.5 Å². The Labute approximate surface area is 132 Å². The number of carbonyl (C=O) groups excluding carboxylic acids is 1. The number of carbonyl (C=O) groups is 1. The standard InChI is InChI=1S/C15H20ClNO3S/c1-20-13-7-6-11(14(16)8-13)9-21(19)10-15(18)17-12-4-2-3-5-12/h6-8,12H,2-5,9-10H2,1H3,(H,17,18)/t21-/m1/s1. The van der Waals surface area contributed by atoms with Crippen molar-refractivity contribution >= 4 is 28.3 Å². The van der Waals surface area contributed by atoms with Crippen LogP contribution < -0.4 is 10.1 Å². The first-order valence-corrected chi connectivity index (χ1v) is 8.92. The van der Waals surface area contributed by atoms with Crippen LogP contribution in [0.1, 0.15) is 31.2 Å². The molecule has 0 bridgehead atoms. The van der Waals surface area contributed by atoms with Crippen molar-refractivity contribution in [2.24, 2.45) is 0 Å². The van der Waals surface area contributed by atoms with Gasteiger partial charge < -0.3 is 10.1 Å². The van der Waals surface area contributed by atoms with E-state index in [4.69, 9.17) is 16.3 Å². The molecule has 0 heterocycles. The first-order valence-electron chi connectivity index (χ1n) is 7.05. The van der Waals surface area contributed by atoms with Gasteiger partial charge in [-0.1, -0.05) is 30.5 Å². The number of methoxy groups -OCH3 is 1. The number of hydrogen-bond donors (Lipinski definition) is 1. The van der Waals surface area contributed by atoms with Gasteiger partial charge in [0.1, 0.15) is 11.5 Å². The fourth-order valence-corrected chi connectivity index (χ4v) is 3.88. The average molecular weight is 330 g/mol. The lowest BCUT2D eigenvalue weighted by Gasteiger charge is -2.12. The second kappa shape index (κ2) is 7.80. The molecule has 1 aromatic rings. The van der Waals surface area contributed by atoms with E-state index < -0.39 is 10.8 Å². The Balaban J connectivity index is 1.84. The van der Waals surface area contributed by atoms with E-state index in [1.54, 1.807) is 25.3 Å². The lowest BCUT2D eigenvalue weighted by Crippen LogP contribution is -2.35. The van der Waals surface area contributed by atoms with E-state index in [-0.39, 0.29) is 23.5 Å². The van der Waals surface area contributed by atoms with E-state index >= 15 is 0 Å². The summed E-state index contributed by atoms with van der Waals surface area (Å²) in [6.45, 7) is 0. The van der Waals surface area contributed by atoms with Crippen molar-refractivity contribution in [3.8, 4) is 5.75 Å². The molecule has 0 aliphatic heterocycles. The van der Waals surface area contributed by atoms with Crippen LogP contribution in [0.15, 0.2) is 18.2 Å². The van der Waals surface area contributed by atoms with E-state index in [0.29, 0.717) is 10.8 Å². The Morgan fingerprint density at radius 2 is 2.14 bits per heavy atom. The van der Waals surface area contributed by atoms with Crippen LogP contribution in [0.4, 0.5) is 0 Å². The molecular formula is C15H20ClNO3S. The minimum Gasteiger partial charge on any atom is -0.497 e. The SMILES string of the molecule is COc1ccc(C[S@@](=O)CC(=O)NC2CCCC2)c(Cl)c1. The lowest BCUT2D eigenvalue weighted by atomic mass is 10.2. The summed E-state index contributed by atoms with van der Waals surface area (Å²) in [5, 5.41) is 3.46. The largest absolute Gasteiger partial charge is 0.497 e. The molecule has 1 fully saturated rings. The monoisotopic (exact) mass is 329 g/mol. The molecule has 0 unspecified atom stereocenters. The summed E-state index contributed by atoms with van der Waals surface area (Å²) < 4.78 is 17.1. The van der Waals surface area contributed by atoms with Crippen LogP contribution in [0.3, 0.4) is 0 Å². The van der Waals surface area contributed by atoms with E-state index in [0.717, 1.165) is 31.2 Å². The Kier molecular flexibility index (Phi) is 6.06. The molecule has 0 aromatic heterocycles. The zero-order chi connectivity index (χ0) is 15.2. The molecule has 1 aliphatic rings. The second-order valence-electron chi connectivity index (χ2n) is 5.23. The first-order chi connectivity index (χ1) is 10.1. The van der Waals surface area contributed by atoms with Crippen molar-refractivity contribution in [2.45, 2.75) is 37.5 Å². The lowest BCUT2D eigenvalue weighted by molar-refractivity contribution is -0.119. The van der Waals surface area contributed by atoms with Crippen LogP contribution in [-0.2, 0) is 21.3 Å². The molecule has 21 heavy (non-hydrogen) atoms. The zero-order valence-electron chi connectivity index (χ0n) is 12.1. The molecule has 1 N–H and O–H groups in total. The second-order valence-corrected chi connectivity index (χ2v) is 7.10. The van der Waals surface area contributed by atoms with E-state index in [1.807, 2.05) is 0 Å². The van der Waals surface area contributed by atoms with Gasteiger partial charge in [0.05, 0.1) is 12.9 Å². The van der Waals surface area contributed by atoms with Crippen molar-refractivity contribution in [1.82, 2.24) is 5.32 Å². The molecule has 0 radical (unpaired) electrons. The molecule has 2 rings (SSSR count). The Bertz CT molecular complexity index is 530. The predicted molar refractivity (Wildman–Crippen MR) is 85.1 cm³/mol. The van der Waals surface area contributed by atoms with Crippen LogP contribution in [0.5, 0.6) is 5.75 Å². The van der Waals surface area contributed by atoms with Crippen LogP contribution in [0.2, 0.25) is 5.02 Å². The highest BCUT2D eigenvalue weighted by Gasteiger charge is 2.18. The molecule has 0 saturated heterocycles. The van der Waals surface area contributed by atoms with Gasteiger partial charge in [0.15, 0.2) is 0 Å². The predicted octanol–water partition coefficient (Wildman–Crippen LogP) is 2.66. The van der Waals surface area contributed by atoms with Gasteiger partial charge >= 0.3 is 0 Å². The minimum atomic E-state index is -1.26. The molecule has 116 valence electrons. The highest BCUT2D eigenvalue weighted by Crippen LogP contribution is 2.23. The van der Waals surface area contributed by atoms with Gasteiger partial charge in [-0.2, -0.15) is 0 Å². The highest BCUT2D eigenvalue weighted by molar-refractivity contribution is 7.84. The zero-order valence-corrected chi connectivity index (χ0v) is 13.6. The molecule has 1 atom stereocenters. The average Bonchev–Trinajstić information content (AvgIpc) is 2.93. The fraction of sp³-hybridized carbons (Fsp3) is 0.533. The summed E-state index contributed by atoms with van der Waals surface area (Å²) in [5.41, 5.74) is 0.768. The van der Waals surface area contributed by atoms with Crippen LogP contribution in [-0.4, -0.2) is 29.0 Å². The molecule has 1 saturated carbocycles. The van der Waals surface area contributed by atoms with Crippen molar-refractivity contribution in [3.63, 3.8) is 0 Å². The Morgan fingerprint density at radius 3 is 2.76 bits per heavy atom. The fourth-order valence-electron chi connectivity index (χ4n) is 2.48. The number of ether oxygens (including phenoxy) is 1. The Morgan fingerprint density at radius 1 is 1.43 bits per heavy atom. The first kappa shape index (κ1) is 16.3. The summed E-state index contributed by atoms with van der Waals surface area (Å²) in [7, 11) is 0.309. The number of rotatable bonds is 6. The van der Waals surface area contributed by atoms with E-state index in [1.165, 1.54) is 0 Å². The van der Waals surface area contributed by atoms with Crippen LogP contribution >= 0.6 is 11.6 Å². The van der Waals surface area contributed by atoms with Gasteiger partial charge in [0, 0.05) is 21.9 Å². The van der Waals surface area contributed by atoms with Gasteiger partial charge in [0.25, 0.3) is 0 Å². The number of hydrogen-bond acceptors (Lipinski definition) is 3. The number of amides is 1. The molecule has 4 nitrogen and oxygen atoms in total. The third-order valence-electron chi connectivity index (χ3n) is 3.59. The normalized spacial score (nSPS) is 16.7. The van der Waals surface area contributed by atoms with Crippen LogP contribution in [0.25, 0.3) is 0 Å². The van der Waals surface area contributed by atoms with E-state index in [2.05, 4.69) is 5.32 Å². The van der Waals surface area contributed by atoms with Crippen molar-refractivity contribution in [3.05, 3.63) is 28.8 Å². The summed E-state index contributed by atoms with van der Waals surface area (Å²) in [6, 6.07) is 5.51. The molecule has 1 amide bonds. The number of nitrogens with one attached hydrogen (secondary N) is 1. The number of halogens is 1.